The van der Waals surface area contributed by atoms with Crippen LogP contribution in [-0.2, 0) is 6.54 Å². The van der Waals surface area contributed by atoms with Gasteiger partial charge in [0.1, 0.15) is 6.10 Å². The van der Waals surface area contributed by atoms with Crippen molar-refractivity contribution in [1.82, 2.24) is 19.5 Å². The molecule has 0 spiro atoms. The summed E-state index contributed by atoms with van der Waals surface area (Å²) in [5, 5.41) is 14.8. The first-order chi connectivity index (χ1) is 15.1. The number of anilines is 1. The summed E-state index contributed by atoms with van der Waals surface area (Å²) in [6.45, 7) is 2.13. The fraction of sp³-hybridized carbons (Fsp3) is 0.435. The molecular weight excluding hydrogens is 394 g/mol. The maximum absolute atomic E-state index is 12.3. The summed E-state index contributed by atoms with van der Waals surface area (Å²) < 4.78 is 8.05. The maximum Gasteiger partial charge on any atom is 0.412 e. The van der Waals surface area contributed by atoms with E-state index in [-0.39, 0.29) is 12.6 Å². The van der Waals surface area contributed by atoms with Gasteiger partial charge < -0.3 is 14.7 Å². The van der Waals surface area contributed by atoms with Crippen LogP contribution in [0.1, 0.15) is 42.9 Å². The number of piperidine rings is 1. The molecule has 3 heterocycles. The van der Waals surface area contributed by atoms with Gasteiger partial charge in [0, 0.05) is 18.5 Å². The number of likely N-dealkylation sites (N-methyl/N-ethyl adjacent to an activating group) is 1. The van der Waals surface area contributed by atoms with Crippen LogP contribution in [0, 0.1) is 0 Å². The number of imidazole rings is 1. The average Bonchev–Trinajstić information content (AvgIpc) is 3.51. The summed E-state index contributed by atoms with van der Waals surface area (Å²) in [4.78, 5) is 20.4. The van der Waals surface area contributed by atoms with Crippen molar-refractivity contribution in [2.75, 3.05) is 25.0 Å². The van der Waals surface area contributed by atoms with E-state index in [0.29, 0.717) is 23.1 Å². The minimum atomic E-state index is -1.03. The smallest absolute Gasteiger partial charge is 0.412 e. The van der Waals surface area contributed by atoms with Crippen LogP contribution in [0.5, 0.6) is 5.88 Å². The van der Waals surface area contributed by atoms with Crippen LogP contribution in [0.2, 0.25) is 0 Å². The first-order valence-corrected chi connectivity index (χ1v) is 10.9. The third kappa shape index (κ3) is 4.20. The molecule has 0 radical (unpaired) electrons. The quantitative estimate of drug-likeness (QED) is 0.652. The van der Waals surface area contributed by atoms with Crippen LogP contribution in [0.4, 0.5) is 10.5 Å². The van der Waals surface area contributed by atoms with E-state index in [9.17, 15) is 9.90 Å². The molecule has 162 valence electrons. The Kier molecular flexibility index (Phi) is 5.23. The van der Waals surface area contributed by atoms with E-state index in [0.717, 1.165) is 50.0 Å². The van der Waals surface area contributed by atoms with Gasteiger partial charge in [-0.1, -0.05) is 30.3 Å². The van der Waals surface area contributed by atoms with Gasteiger partial charge in [0.25, 0.3) is 0 Å². The molecule has 5 rings (SSSR count). The molecule has 8 heteroatoms. The number of carbonyl (C=O) groups is 1. The van der Waals surface area contributed by atoms with Crippen LogP contribution < -0.4 is 9.64 Å². The molecule has 1 aliphatic carbocycles. The molecular formula is C23H27N5O3. The van der Waals surface area contributed by atoms with E-state index in [1.165, 1.54) is 4.90 Å². The number of benzene rings is 1. The third-order valence-corrected chi connectivity index (χ3v) is 6.02. The van der Waals surface area contributed by atoms with Gasteiger partial charge in [0.05, 0.1) is 24.1 Å². The standard InChI is InChI=1S/C23H27N5O3/c1-26-11-5-8-18(15-26)31-21-12-19(22-24-13-20(17-9-10-17)28(22)25-21)27(23(29)30)14-16-6-3-2-4-7-16/h2-4,6-7,12-13,17-18H,5,8-11,14-15H2,1H3,(H,29,30)/t18-/m0/s1. The zero-order valence-corrected chi connectivity index (χ0v) is 17.6. The van der Waals surface area contributed by atoms with Gasteiger partial charge in [-0.3, -0.25) is 4.90 Å². The van der Waals surface area contributed by atoms with Crippen molar-refractivity contribution in [2.24, 2.45) is 0 Å². The second-order valence-electron chi connectivity index (χ2n) is 8.56. The zero-order valence-electron chi connectivity index (χ0n) is 17.6. The zero-order chi connectivity index (χ0) is 21.4. The van der Waals surface area contributed by atoms with Gasteiger partial charge in [-0.05, 0) is 44.8 Å². The van der Waals surface area contributed by atoms with Gasteiger partial charge >= 0.3 is 6.09 Å². The van der Waals surface area contributed by atoms with Crippen LogP contribution >= 0.6 is 0 Å². The number of hydrogen-bond donors (Lipinski definition) is 1. The summed E-state index contributed by atoms with van der Waals surface area (Å²) in [6.07, 6.45) is 5.08. The molecule has 2 aromatic heterocycles. The summed E-state index contributed by atoms with van der Waals surface area (Å²) in [7, 11) is 2.09. The van der Waals surface area contributed by atoms with E-state index in [2.05, 4.69) is 16.9 Å². The molecule has 0 unspecified atom stereocenters. The number of rotatable bonds is 6. The highest BCUT2D eigenvalue weighted by molar-refractivity contribution is 5.91. The number of hydrogen-bond acceptors (Lipinski definition) is 5. The molecule has 2 aliphatic rings. The molecule has 0 bridgehead atoms. The Morgan fingerprint density at radius 3 is 2.77 bits per heavy atom. The lowest BCUT2D eigenvalue weighted by Crippen LogP contribution is -2.38. The highest BCUT2D eigenvalue weighted by atomic mass is 16.5. The molecule has 1 atom stereocenters. The average molecular weight is 422 g/mol. The first kappa shape index (κ1) is 19.8. The summed E-state index contributed by atoms with van der Waals surface area (Å²) in [5.41, 5.74) is 2.98. The van der Waals surface area contributed by atoms with Crippen molar-refractivity contribution in [3.63, 3.8) is 0 Å². The first-order valence-electron chi connectivity index (χ1n) is 10.9. The molecule has 31 heavy (non-hydrogen) atoms. The largest absolute Gasteiger partial charge is 0.472 e. The molecule has 1 aromatic carbocycles. The molecule has 1 saturated heterocycles. The SMILES string of the molecule is CN1CCC[C@H](Oc2cc(N(Cc3ccccc3)C(=O)O)c3ncc(C4CC4)n3n2)C1. The summed E-state index contributed by atoms with van der Waals surface area (Å²) in [5.74, 6) is 0.876. The van der Waals surface area contributed by atoms with Gasteiger partial charge in [0.15, 0.2) is 5.65 Å². The minimum absolute atomic E-state index is 0.0387. The predicted molar refractivity (Wildman–Crippen MR) is 117 cm³/mol. The van der Waals surface area contributed by atoms with Crippen molar-refractivity contribution in [1.29, 1.82) is 0 Å². The van der Waals surface area contributed by atoms with Crippen LogP contribution in [0.15, 0.2) is 42.6 Å². The third-order valence-electron chi connectivity index (χ3n) is 6.02. The Hall–Kier alpha value is -3.13. The second-order valence-corrected chi connectivity index (χ2v) is 8.56. The van der Waals surface area contributed by atoms with Gasteiger partial charge in [0.2, 0.25) is 5.88 Å². The lowest BCUT2D eigenvalue weighted by Gasteiger charge is -2.30. The number of nitrogens with zero attached hydrogens (tertiary/aromatic N) is 5. The fourth-order valence-corrected chi connectivity index (χ4v) is 4.27. The molecule has 1 saturated carbocycles. The molecule has 2 fully saturated rings. The molecule has 1 N–H and O–H groups in total. The number of amides is 1. The number of aromatic nitrogens is 3. The number of likely N-dealkylation sites (tertiary alicyclic amines) is 1. The Morgan fingerprint density at radius 2 is 2.06 bits per heavy atom. The second kappa shape index (κ2) is 8.19. The molecule has 8 nitrogen and oxygen atoms in total. The lowest BCUT2D eigenvalue weighted by molar-refractivity contribution is 0.0988. The van der Waals surface area contributed by atoms with Crippen LogP contribution in [0.25, 0.3) is 5.65 Å². The van der Waals surface area contributed by atoms with Gasteiger partial charge in [-0.25, -0.2) is 14.3 Å². The van der Waals surface area contributed by atoms with E-state index in [1.807, 2.05) is 36.5 Å². The van der Waals surface area contributed by atoms with Crippen LogP contribution in [0.3, 0.4) is 0 Å². The summed E-state index contributed by atoms with van der Waals surface area (Å²) in [6, 6.07) is 11.3. The van der Waals surface area contributed by atoms with Crippen LogP contribution in [-0.4, -0.2) is 56.9 Å². The predicted octanol–water partition coefficient (Wildman–Crippen LogP) is 3.76. The lowest BCUT2D eigenvalue weighted by atomic mass is 10.1. The van der Waals surface area contributed by atoms with Crippen molar-refractivity contribution < 1.29 is 14.6 Å². The van der Waals surface area contributed by atoms with Gasteiger partial charge in [-0.2, -0.15) is 0 Å². The van der Waals surface area contributed by atoms with Crippen molar-refractivity contribution >= 4 is 17.4 Å². The number of ether oxygens (including phenoxy) is 1. The maximum atomic E-state index is 12.3. The van der Waals surface area contributed by atoms with Crippen molar-refractivity contribution in [3.8, 4) is 5.88 Å². The highest BCUT2D eigenvalue weighted by Crippen LogP contribution is 2.41. The molecule has 3 aromatic rings. The van der Waals surface area contributed by atoms with E-state index in [4.69, 9.17) is 9.84 Å². The Bertz CT molecular complexity index is 1080. The highest BCUT2D eigenvalue weighted by Gasteiger charge is 2.30. The number of carboxylic acid groups (broad SMARTS) is 1. The number of fused-ring (bicyclic) bond motifs is 1. The van der Waals surface area contributed by atoms with Crippen molar-refractivity contribution in [2.45, 2.75) is 44.2 Å². The Labute approximate surface area is 181 Å². The molecule has 1 aliphatic heterocycles. The van der Waals surface area contributed by atoms with E-state index in [1.54, 1.807) is 10.6 Å². The normalized spacial score (nSPS) is 19.5. The summed E-state index contributed by atoms with van der Waals surface area (Å²) >= 11 is 0. The monoisotopic (exact) mass is 421 g/mol. The van der Waals surface area contributed by atoms with Crippen molar-refractivity contribution in [3.05, 3.63) is 53.9 Å². The van der Waals surface area contributed by atoms with E-state index < -0.39 is 6.09 Å². The minimum Gasteiger partial charge on any atom is -0.472 e. The molecule has 1 amide bonds. The Balaban J connectivity index is 1.55. The Morgan fingerprint density at radius 1 is 1.26 bits per heavy atom. The fourth-order valence-electron chi connectivity index (χ4n) is 4.27. The topological polar surface area (TPSA) is 83.2 Å². The van der Waals surface area contributed by atoms with Gasteiger partial charge in [-0.15, -0.1) is 5.10 Å². The van der Waals surface area contributed by atoms with E-state index >= 15 is 0 Å².